The van der Waals surface area contributed by atoms with Crippen LogP contribution in [0, 0.1) is 18.2 Å². The molecule has 0 bridgehead atoms. The van der Waals surface area contributed by atoms with Crippen molar-refractivity contribution in [1.82, 2.24) is 4.57 Å². The Labute approximate surface area is 178 Å². The van der Waals surface area contributed by atoms with Crippen LogP contribution in [-0.4, -0.2) is 26.7 Å². The van der Waals surface area contributed by atoms with E-state index in [1.165, 1.54) is 16.7 Å². The van der Waals surface area contributed by atoms with E-state index in [-0.39, 0.29) is 33.9 Å². The van der Waals surface area contributed by atoms with Gasteiger partial charge in [-0.1, -0.05) is 38.4 Å². The highest BCUT2D eigenvalue weighted by Gasteiger charge is 2.34. The molecule has 0 saturated heterocycles. The monoisotopic (exact) mass is 431 g/mol. The maximum atomic E-state index is 15.1. The molecule has 3 aromatic rings. The molecule has 1 heterocycles. The van der Waals surface area contributed by atoms with Gasteiger partial charge in [0.2, 0.25) is 0 Å². The van der Waals surface area contributed by atoms with Gasteiger partial charge in [-0.25, -0.2) is 4.39 Å². The van der Waals surface area contributed by atoms with Crippen LogP contribution in [0.2, 0.25) is 5.02 Å². The highest BCUT2D eigenvalue weighted by Crippen LogP contribution is 2.41. The topological polar surface area (TPSA) is 79.5 Å². The van der Waals surface area contributed by atoms with Crippen molar-refractivity contribution in [3.05, 3.63) is 64.1 Å². The van der Waals surface area contributed by atoms with Crippen LogP contribution in [0.5, 0.6) is 5.75 Å². The number of benzene rings is 2. The highest BCUT2D eigenvalue weighted by atomic mass is 35.5. The zero-order valence-corrected chi connectivity index (χ0v) is 17.9. The lowest BCUT2D eigenvalue weighted by atomic mass is 9.80. The standard InChI is InChI=1S/C23H23ClFNO4/c1-12-18(15(22(29)30)11-23(2,3)4)19-16(8-9-17(27)20(19)25)26(12)21(28)13-6-5-7-14(24)10-13/h5-10,15,27H,11H2,1-4H3,(H,29,30)/t15-/m0/s1. The Morgan fingerprint density at radius 2 is 1.87 bits per heavy atom. The fourth-order valence-electron chi connectivity index (χ4n) is 3.84. The second-order valence-electron chi connectivity index (χ2n) is 8.60. The lowest BCUT2D eigenvalue weighted by molar-refractivity contribution is -0.139. The molecule has 0 fully saturated rings. The van der Waals surface area contributed by atoms with E-state index in [0.717, 1.165) is 6.07 Å². The minimum absolute atomic E-state index is 0.0560. The van der Waals surface area contributed by atoms with Gasteiger partial charge in [-0.05, 0) is 54.7 Å². The Hall–Kier alpha value is -2.86. The summed E-state index contributed by atoms with van der Waals surface area (Å²) >= 11 is 6.02. The molecule has 0 unspecified atom stereocenters. The number of aliphatic carboxylic acids is 1. The second kappa shape index (κ2) is 7.76. The summed E-state index contributed by atoms with van der Waals surface area (Å²) < 4.78 is 16.3. The number of hydrogen-bond acceptors (Lipinski definition) is 3. The lowest BCUT2D eigenvalue weighted by Crippen LogP contribution is -2.21. The molecule has 30 heavy (non-hydrogen) atoms. The number of rotatable bonds is 4. The lowest BCUT2D eigenvalue weighted by Gasteiger charge is -2.24. The van der Waals surface area contributed by atoms with Gasteiger partial charge in [-0.3, -0.25) is 14.2 Å². The van der Waals surface area contributed by atoms with Gasteiger partial charge in [-0.15, -0.1) is 0 Å². The number of nitrogens with zero attached hydrogens (tertiary/aromatic N) is 1. The van der Waals surface area contributed by atoms with Crippen LogP contribution in [0.25, 0.3) is 10.9 Å². The molecular formula is C23H23ClFNO4. The zero-order chi connectivity index (χ0) is 22.4. The fraction of sp³-hybridized carbons (Fsp3) is 0.304. The summed E-state index contributed by atoms with van der Waals surface area (Å²) in [6.07, 6.45) is 0.225. The summed E-state index contributed by atoms with van der Waals surface area (Å²) in [5.74, 6) is -4.18. The molecule has 2 aromatic carbocycles. The Morgan fingerprint density at radius 3 is 2.43 bits per heavy atom. The van der Waals surface area contributed by atoms with Gasteiger partial charge >= 0.3 is 5.97 Å². The number of carbonyl (C=O) groups is 2. The number of fused-ring (bicyclic) bond motifs is 1. The molecule has 2 N–H and O–H groups in total. The van der Waals surface area contributed by atoms with Gasteiger partial charge in [0.1, 0.15) is 0 Å². The molecule has 0 spiro atoms. The van der Waals surface area contributed by atoms with Crippen molar-refractivity contribution in [3.8, 4) is 5.75 Å². The van der Waals surface area contributed by atoms with E-state index < -0.39 is 29.4 Å². The molecule has 7 heteroatoms. The normalized spacial score (nSPS) is 12.9. The second-order valence-corrected chi connectivity index (χ2v) is 9.03. The van der Waals surface area contributed by atoms with E-state index in [0.29, 0.717) is 10.7 Å². The van der Waals surface area contributed by atoms with Crippen LogP contribution >= 0.6 is 11.6 Å². The first-order valence-corrected chi connectivity index (χ1v) is 9.85. The molecule has 0 saturated carbocycles. The highest BCUT2D eigenvalue weighted by molar-refractivity contribution is 6.31. The molecule has 0 aliphatic carbocycles. The molecule has 5 nitrogen and oxygen atoms in total. The van der Waals surface area contributed by atoms with Gasteiger partial charge in [0, 0.05) is 21.7 Å². The quantitative estimate of drug-likeness (QED) is 0.552. The molecule has 3 rings (SSSR count). The first kappa shape index (κ1) is 21.8. The number of carbonyl (C=O) groups excluding carboxylic acids is 1. The smallest absolute Gasteiger partial charge is 0.311 e. The van der Waals surface area contributed by atoms with E-state index in [4.69, 9.17) is 11.6 Å². The third kappa shape index (κ3) is 3.92. The minimum atomic E-state index is -1.12. The number of aromatic nitrogens is 1. The fourth-order valence-corrected chi connectivity index (χ4v) is 4.03. The summed E-state index contributed by atoms with van der Waals surface area (Å²) in [6.45, 7) is 7.26. The molecule has 0 aliphatic heterocycles. The SMILES string of the molecule is Cc1c([C@H](CC(C)(C)C)C(=O)O)c2c(F)c(O)ccc2n1C(=O)c1cccc(Cl)c1. The van der Waals surface area contributed by atoms with Crippen LogP contribution in [0.4, 0.5) is 4.39 Å². The summed E-state index contributed by atoms with van der Waals surface area (Å²) in [6, 6.07) is 8.91. The van der Waals surface area contributed by atoms with E-state index in [9.17, 15) is 19.8 Å². The van der Waals surface area contributed by atoms with Crippen molar-refractivity contribution in [3.63, 3.8) is 0 Å². The van der Waals surface area contributed by atoms with Crippen molar-refractivity contribution < 1.29 is 24.2 Å². The molecular weight excluding hydrogens is 409 g/mol. The van der Waals surface area contributed by atoms with Crippen LogP contribution in [0.15, 0.2) is 36.4 Å². The number of carboxylic acid groups (broad SMARTS) is 1. The van der Waals surface area contributed by atoms with Crippen LogP contribution in [-0.2, 0) is 4.79 Å². The van der Waals surface area contributed by atoms with E-state index >= 15 is 4.39 Å². The van der Waals surface area contributed by atoms with Gasteiger partial charge in [0.15, 0.2) is 11.6 Å². The first-order chi connectivity index (χ1) is 13.9. The van der Waals surface area contributed by atoms with Gasteiger partial charge in [0.05, 0.1) is 11.4 Å². The number of phenolic OH excluding ortho intramolecular Hbond substituents is 1. The van der Waals surface area contributed by atoms with Crippen LogP contribution in [0.1, 0.15) is 54.7 Å². The predicted octanol–water partition coefficient (Wildman–Crippen LogP) is 5.74. The van der Waals surface area contributed by atoms with E-state index in [1.54, 1.807) is 25.1 Å². The Morgan fingerprint density at radius 1 is 1.20 bits per heavy atom. The zero-order valence-electron chi connectivity index (χ0n) is 17.2. The van der Waals surface area contributed by atoms with Crippen LogP contribution < -0.4 is 0 Å². The average molecular weight is 432 g/mol. The van der Waals surface area contributed by atoms with Crippen LogP contribution in [0.3, 0.4) is 0 Å². The molecule has 0 radical (unpaired) electrons. The average Bonchev–Trinajstić information content (AvgIpc) is 2.94. The van der Waals surface area contributed by atoms with Crippen molar-refractivity contribution >= 4 is 34.4 Å². The summed E-state index contributed by atoms with van der Waals surface area (Å²) in [5.41, 5.74) is 0.620. The third-order valence-electron chi connectivity index (χ3n) is 5.07. The number of halogens is 2. The largest absolute Gasteiger partial charge is 0.505 e. The Bertz CT molecular complexity index is 1160. The van der Waals surface area contributed by atoms with Crippen molar-refractivity contribution in [2.75, 3.05) is 0 Å². The third-order valence-corrected chi connectivity index (χ3v) is 5.31. The number of carboxylic acids is 1. The Balaban J connectivity index is 2.36. The van der Waals surface area contributed by atoms with Gasteiger partial charge in [-0.2, -0.15) is 0 Å². The predicted molar refractivity (Wildman–Crippen MR) is 114 cm³/mol. The maximum absolute atomic E-state index is 15.1. The summed E-state index contributed by atoms with van der Waals surface area (Å²) in [7, 11) is 0. The Kier molecular flexibility index (Phi) is 5.65. The number of phenols is 1. The summed E-state index contributed by atoms with van der Waals surface area (Å²) in [4.78, 5) is 25.5. The number of hydrogen-bond donors (Lipinski definition) is 2. The first-order valence-electron chi connectivity index (χ1n) is 9.48. The molecule has 1 atom stereocenters. The molecule has 0 amide bonds. The maximum Gasteiger partial charge on any atom is 0.311 e. The van der Waals surface area contributed by atoms with E-state index in [2.05, 4.69) is 0 Å². The molecule has 0 aliphatic rings. The van der Waals surface area contributed by atoms with Crippen molar-refractivity contribution in [1.29, 1.82) is 0 Å². The number of aromatic hydroxyl groups is 1. The molecule has 1 aromatic heterocycles. The van der Waals surface area contributed by atoms with Gasteiger partial charge < -0.3 is 10.2 Å². The van der Waals surface area contributed by atoms with E-state index in [1.807, 2.05) is 20.8 Å². The van der Waals surface area contributed by atoms with Crippen molar-refractivity contribution in [2.24, 2.45) is 5.41 Å². The summed E-state index contributed by atoms with van der Waals surface area (Å²) in [5, 5.41) is 20.2. The van der Waals surface area contributed by atoms with Gasteiger partial charge in [0.25, 0.3) is 5.91 Å². The minimum Gasteiger partial charge on any atom is -0.505 e. The van der Waals surface area contributed by atoms with Crippen molar-refractivity contribution in [2.45, 2.75) is 40.0 Å². The molecule has 158 valence electrons.